The maximum Gasteiger partial charge on any atom is 0.269 e. The Morgan fingerprint density at radius 2 is 1.89 bits per heavy atom. The van der Waals surface area contributed by atoms with Crippen LogP contribution in [0.1, 0.15) is 27.3 Å². The van der Waals surface area contributed by atoms with Gasteiger partial charge in [-0.2, -0.15) is 0 Å². The van der Waals surface area contributed by atoms with Gasteiger partial charge in [-0.25, -0.2) is 0 Å². The van der Waals surface area contributed by atoms with E-state index in [4.69, 9.17) is 0 Å². The number of aldehydes is 1. The largest absolute Gasteiger partial charge is 0.344 e. The van der Waals surface area contributed by atoms with Crippen molar-refractivity contribution in [2.45, 2.75) is 20.4 Å². The fourth-order valence-corrected chi connectivity index (χ4v) is 2.10. The molecule has 0 bridgehead atoms. The van der Waals surface area contributed by atoms with Gasteiger partial charge in [-0.1, -0.05) is 12.1 Å². The van der Waals surface area contributed by atoms with Crippen LogP contribution < -0.4 is 0 Å². The number of nitro benzene ring substituents is 1. The Morgan fingerprint density at radius 1 is 1.26 bits per heavy atom. The zero-order valence-electron chi connectivity index (χ0n) is 10.8. The second kappa shape index (κ2) is 5.06. The van der Waals surface area contributed by atoms with Crippen molar-refractivity contribution in [3.63, 3.8) is 0 Å². The van der Waals surface area contributed by atoms with E-state index in [1.807, 2.05) is 24.5 Å². The predicted octanol–water partition coefficient (Wildman–Crippen LogP) is 2.87. The lowest BCUT2D eigenvalue weighted by molar-refractivity contribution is -0.384. The van der Waals surface area contributed by atoms with Crippen LogP contribution in [0.4, 0.5) is 5.69 Å². The molecular formula is C14H14N2O3. The highest BCUT2D eigenvalue weighted by atomic mass is 16.6. The number of nitro groups is 1. The minimum absolute atomic E-state index is 0.0817. The van der Waals surface area contributed by atoms with E-state index < -0.39 is 4.92 Å². The second-order valence-corrected chi connectivity index (χ2v) is 4.45. The molecule has 5 heteroatoms. The number of hydrogen-bond acceptors (Lipinski definition) is 3. The van der Waals surface area contributed by atoms with E-state index in [9.17, 15) is 14.9 Å². The number of hydrogen-bond donors (Lipinski definition) is 0. The Kier molecular flexibility index (Phi) is 3.46. The first-order chi connectivity index (χ1) is 9.02. The molecule has 2 rings (SSSR count). The van der Waals surface area contributed by atoms with Gasteiger partial charge < -0.3 is 4.57 Å². The summed E-state index contributed by atoms with van der Waals surface area (Å²) in [4.78, 5) is 21.0. The maximum atomic E-state index is 10.9. The molecular weight excluding hydrogens is 244 g/mol. The molecule has 0 aliphatic heterocycles. The molecule has 0 amide bonds. The zero-order chi connectivity index (χ0) is 14.0. The van der Waals surface area contributed by atoms with Gasteiger partial charge in [0, 0.05) is 35.6 Å². The van der Waals surface area contributed by atoms with E-state index in [1.165, 1.54) is 12.1 Å². The van der Waals surface area contributed by atoms with E-state index in [0.717, 1.165) is 23.2 Å². The van der Waals surface area contributed by atoms with E-state index in [-0.39, 0.29) is 5.69 Å². The van der Waals surface area contributed by atoms with Crippen molar-refractivity contribution in [1.29, 1.82) is 0 Å². The van der Waals surface area contributed by atoms with E-state index in [0.29, 0.717) is 12.1 Å². The molecule has 0 saturated carbocycles. The number of carbonyl (C=O) groups is 1. The lowest BCUT2D eigenvalue weighted by Gasteiger charge is -2.09. The number of rotatable bonds is 4. The Balaban J connectivity index is 2.28. The topological polar surface area (TPSA) is 65.1 Å². The summed E-state index contributed by atoms with van der Waals surface area (Å²) in [7, 11) is 0. The minimum Gasteiger partial charge on any atom is -0.344 e. The molecule has 1 heterocycles. The summed E-state index contributed by atoms with van der Waals surface area (Å²) >= 11 is 0. The molecule has 0 N–H and O–H groups in total. The van der Waals surface area contributed by atoms with Gasteiger partial charge in [0.15, 0.2) is 6.29 Å². The van der Waals surface area contributed by atoms with Gasteiger partial charge in [0.2, 0.25) is 0 Å². The van der Waals surface area contributed by atoms with Crippen LogP contribution in [-0.4, -0.2) is 15.8 Å². The molecule has 1 aromatic heterocycles. The van der Waals surface area contributed by atoms with Gasteiger partial charge >= 0.3 is 0 Å². The van der Waals surface area contributed by atoms with Crippen LogP contribution in [0.15, 0.2) is 30.3 Å². The van der Waals surface area contributed by atoms with E-state index in [1.54, 1.807) is 12.1 Å². The van der Waals surface area contributed by atoms with Crippen LogP contribution in [0.25, 0.3) is 0 Å². The SMILES string of the molecule is Cc1cc(C=O)c(C)n1Cc1ccc([N+](=O)[O-])cc1. The highest BCUT2D eigenvalue weighted by Gasteiger charge is 2.09. The summed E-state index contributed by atoms with van der Waals surface area (Å²) in [5.74, 6) is 0. The highest BCUT2D eigenvalue weighted by Crippen LogP contribution is 2.17. The van der Waals surface area contributed by atoms with Gasteiger partial charge in [-0.3, -0.25) is 14.9 Å². The molecule has 2 aromatic rings. The quantitative estimate of drug-likeness (QED) is 0.481. The lowest BCUT2D eigenvalue weighted by atomic mass is 10.2. The van der Waals surface area contributed by atoms with Gasteiger partial charge in [0.05, 0.1) is 4.92 Å². The molecule has 0 saturated heterocycles. The van der Waals surface area contributed by atoms with Gasteiger partial charge in [0.1, 0.15) is 0 Å². The Labute approximate surface area is 110 Å². The first-order valence-electron chi connectivity index (χ1n) is 5.88. The molecule has 0 atom stereocenters. The third-order valence-electron chi connectivity index (χ3n) is 3.23. The third kappa shape index (κ3) is 2.54. The molecule has 0 fully saturated rings. The van der Waals surface area contributed by atoms with Crippen molar-refractivity contribution < 1.29 is 9.72 Å². The van der Waals surface area contributed by atoms with Crippen LogP contribution in [0, 0.1) is 24.0 Å². The summed E-state index contributed by atoms with van der Waals surface area (Å²) in [6.07, 6.45) is 0.842. The van der Waals surface area contributed by atoms with E-state index >= 15 is 0 Å². The second-order valence-electron chi connectivity index (χ2n) is 4.45. The van der Waals surface area contributed by atoms with Crippen molar-refractivity contribution in [2.24, 2.45) is 0 Å². The molecule has 0 radical (unpaired) electrons. The third-order valence-corrected chi connectivity index (χ3v) is 3.23. The fraction of sp³-hybridized carbons (Fsp3) is 0.214. The van der Waals surface area contributed by atoms with Crippen molar-refractivity contribution in [3.8, 4) is 0 Å². The summed E-state index contributed by atoms with van der Waals surface area (Å²) in [5, 5.41) is 10.6. The summed E-state index contributed by atoms with van der Waals surface area (Å²) < 4.78 is 2.02. The van der Waals surface area contributed by atoms with Crippen LogP contribution in [0.2, 0.25) is 0 Å². The predicted molar refractivity (Wildman–Crippen MR) is 71.5 cm³/mol. The molecule has 0 aliphatic rings. The van der Waals surface area contributed by atoms with Crippen LogP contribution in [-0.2, 0) is 6.54 Å². The van der Waals surface area contributed by atoms with Crippen molar-refractivity contribution in [2.75, 3.05) is 0 Å². The summed E-state index contributed by atoms with van der Waals surface area (Å²) in [6, 6.07) is 8.29. The number of benzene rings is 1. The number of nitrogens with zero attached hydrogens (tertiary/aromatic N) is 2. The van der Waals surface area contributed by atoms with Crippen molar-refractivity contribution >= 4 is 12.0 Å². The highest BCUT2D eigenvalue weighted by molar-refractivity contribution is 5.77. The normalized spacial score (nSPS) is 10.4. The number of non-ortho nitro benzene ring substituents is 1. The Morgan fingerprint density at radius 3 is 2.37 bits per heavy atom. The van der Waals surface area contributed by atoms with Crippen LogP contribution >= 0.6 is 0 Å². The fourth-order valence-electron chi connectivity index (χ4n) is 2.10. The number of aryl methyl sites for hydroxylation is 1. The van der Waals surface area contributed by atoms with Gasteiger partial charge in [0.25, 0.3) is 5.69 Å². The molecule has 19 heavy (non-hydrogen) atoms. The minimum atomic E-state index is -0.416. The average molecular weight is 258 g/mol. The Bertz CT molecular complexity index is 627. The number of aromatic nitrogens is 1. The lowest BCUT2D eigenvalue weighted by Crippen LogP contribution is -2.04. The van der Waals surface area contributed by atoms with Crippen molar-refractivity contribution in [3.05, 3.63) is 63.0 Å². The molecule has 1 aromatic carbocycles. The van der Waals surface area contributed by atoms with Gasteiger partial charge in [-0.05, 0) is 25.5 Å². The number of carbonyl (C=O) groups excluding carboxylic acids is 1. The first kappa shape index (κ1) is 13.0. The van der Waals surface area contributed by atoms with Crippen LogP contribution in [0.5, 0.6) is 0 Å². The van der Waals surface area contributed by atoms with E-state index in [2.05, 4.69) is 0 Å². The average Bonchev–Trinajstić information content (AvgIpc) is 2.67. The van der Waals surface area contributed by atoms with Crippen molar-refractivity contribution in [1.82, 2.24) is 4.57 Å². The Hall–Kier alpha value is -2.43. The summed E-state index contributed by atoms with van der Waals surface area (Å²) in [5.41, 5.74) is 3.63. The first-order valence-corrected chi connectivity index (χ1v) is 5.88. The smallest absolute Gasteiger partial charge is 0.269 e. The standard InChI is InChI=1S/C14H14N2O3/c1-10-7-13(9-17)11(2)15(10)8-12-3-5-14(6-4-12)16(18)19/h3-7,9H,8H2,1-2H3. The molecule has 5 nitrogen and oxygen atoms in total. The van der Waals surface area contributed by atoms with Crippen LogP contribution in [0.3, 0.4) is 0 Å². The molecule has 0 spiro atoms. The monoisotopic (exact) mass is 258 g/mol. The van der Waals surface area contributed by atoms with Gasteiger partial charge in [-0.15, -0.1) is 0 Å². The zero-order valence-corrected chi connectivity index (χ0v) is 10.8. The summed E-state index contributed by atoms with van der Waals surface area (Å²) in [6.45, 7) is 4.43. The maximum absolute atomic E-state index is 10.9. The molecule has 0 unspecified atom stereocenters. The molecule has 98 valence electrons. The molecule has 0 aliphatic carbocycles.